The summed E-state index contributed by atoms with van der Waals surface area (Å²) in [5.41, 5.74) is 1.74. The molecule has 0 aliphatic heterocycles. The Morgan fingerprint density at radius 2 is 1.81 bits per heavy atom. The number of pyridine rings is 1. The lowest BCUT2D eigenvalue weighted by atomic mass is 10.0. The highest BCUT2D eigenvalue weighted by molar-refractivity contribution is 5.93. The SMILES string of the molecule is COC(=O)c1ccc2nc(Cc3cc(F)c(-c4cccc(OCc5ccc(C#N)cc5F)n4)cc3F)n(CC3(n4ccnn4)CC3)c2c1. The summed E-state index contributed by atoms with van der Waals surface area (Å²) >= 11 is 0. The van der Waals surface area contributed by atoms with Crippen molar-refractivity contribution in [3.05, 3.63) is 125 Å². The number of fused-ring (bicyclic) bond motifs is 1. The largest absolute Gasteiger partial charge is 0.473 e. The van der Waals surface area contributed by atoms with Crippen molar-refractivity contribution in [1.29, 1.82) is 5.26 Å². The number of aromatic nitrogens is 6. The number of rotatable bonds is 10. The van der Waals surface area contributed by atoms with E-state index in [1.54, 1.807) is 41.3 Å². The standard InChI is InChI=1S/C35H26F3N7O3/c1-47-34(46)22-7-8-30-31(15-22)44(20-35(9-10-35)45-12-11-40-43-45)32(41-30)16-24-14-28(38)25(17-27(24)37)29-3-2-4-33(42-29)48-19-23-6-5-21(18-39)13-26(23)36/h2-8,11-15,17H,9-10,16,19-20H2,1H3. The van der Waals surface area contributed by atoms with Crippen molar-refractivity contribution in [2.45, 2.75) is 38.0 Å². The molecular formula is C35H26F3N7O3. The number of methoxy groups -OCH3 is 1. The van der Waals surface area contributed by atoms with E-state index in [-0.39, 0.29) is 52.4 Å². The van der Waals surface area contributed by atoms with Gasteiger partial charge in [0.15, 0.2) is 0 Å². The Morgan fingerprint density at radius 3 is 2.54 bits per heavy atom. The molecule has 0 bridgehead atoms. The van der Waals surface area contributed by atoms with Crippen LogP contribution in [0.4, 0.5) is 13.2 Å². The van der Waals surface area contributed by atoms with Crippen LogP contribution in [0.5, 0.6) is 5.88 Å². The lowest BCUT2D eigenvalue weighted by Gasteiger charge is -2.19. The average Bonchev–Trinajstić information content (AvgIpc) is 3.50. The van der Waals surface area contributed by atoms with Gasteiger partial charge in [-0.3, -0.25) is 0 Å². The van der Waals surface area contributed by atoms with Crippen LogP contribution >= 0.6 is 0 Å². The second-order valence-corrected chi connectivity index (χ2v) is 11.5. The summed E-state index contributed by atoms with van der Waals surface area (Å²) in [7, 11) is 1.30. The number of carbonyl (C=O) groups excluding carboxylic acids is 1. The number of hydrogen-bond donors (Lipinski definition) is 0. The molecule has 0 radical (unpaired) electrons. The zero-order valence-electron chi connectivity index (χ0n) is 25.5. The van der Waals surface area contributed by atoms with Gasteiger partial charge < -0.3 is 14.0 Å². The Morgan fingerprint density at radius 1 is 0.979 bits per heavy atom. The van der Waals surface area contributed by atoms with Crippen LogP contribution in [0.2, 0.25) is 0 Å². The van der Waals surface area contributed by atoms with Gasteiger partial charge in [-0.15, -0.1) is 5.10 Å². The zero-order valence-corrected chi connectivity index (χ0v) is 25.5. The molecule has 1 fully saturated rings. The summed E-state index contributed by atoms with van der Waals surface area (Å²) in [5.74, 6) is -1.90. The van der Waals surface area contributed by atoms with Crippen LogP contribution in [0.25, 0.3) is 22.3 Å². The smallest absolute Gasteiger partial charge is 0.337 e. The number of nitriles is 1. The fourth-order valence-electron chi connectivity index (χ4n) is 5.71. The average molecular weight is 650 g/mol. The Bertz CT molecular complexity index is 2220. The third kappa shape index (κ3) is 5.84. The number of ether oxygens (including phenoxy) is 2. The number of benzene rings is 3. The number of carbonyl (C=O) groups is 1. The number of esters is 1. The van der Waals surface area contributed by atoms with Gasteiger partial charge in [0.2, 0.25) is 5.88 Å². The molecule has 3 heterocycles. The fraction of sp³-hybridized carbons (Fsp3) is 0.200. The van der Waals surface area contributed by atoms with Crippen LogP contribution in [0.1, 0.15) is 45.7 Å². The van der Waals surface area contributed by atoms with E-state index >= 15 is 8.78 Å². The van der Waals surface area contributed by atoms with E-state index in [1.165, 1.54) is 31.4 Å². The molecule has 1 aliphatic carbocycles. The second-order valence-electron chi connectivity index (χ2n) is 11.5. The molecule has 0 atom stereocenters. The highest BCUT2D eigenvalue weighted by atomic mass is 19.1. The molecule has 0 saturated heterocycles. The van der Waals surface area contributed by atoms with Crippen molar-refractivity contribution in [3.63, 3.8) is 0 Å². The van der Waals surface area contributed by atoms with E-state index in [2.05, 4.69) is 15.3 Å². The maximum atomic E-state index is 15.7. The molecule has 7 rings (SSSR count). The van der Waals surface area contributed by atoms with Crippen LogP contribution in [0.15, 0.2) is 79.1 Å². The van der Waals surface area contributed by atoms with Gasteiger partial charge in [-0.2, -0.15) is 5.26 Å². The Balaban J connectivity index is 1.18. The first kappa shape index (κ1) is 30.6. The molecule has 0 spiro atoms. The third-order valence-corrected chi connectivity index (χ3v) is 8.48. The third-order valence-electron chi connectivity index (χ3n) is 8.48. The predicted molar refractivity (Wildman–Crippen MR) is 166 cm³/mol. The van der Waals surface area contributed by atoms with Gasteiger partial charge >= 0.3 is 5.97 Å². The summed E-state index contributed by atoms with van der Waals surface area (Å²) in [6.07, 6.45) is 5.03. The second kappa shape index (κ2) is 12.3. The Kier molecular flexibility index (Phi) is 7.84. The van der Waals surface area contributed by atoms with Gasteiger partial charge in [0.25, 0.3) is 0 Å². The molecule has 0 amide bonds. The molecule has 48 heavy (non-hydrogen) atoms. The van der Waals surface area contributed by atoms with E-state index in [0.717, 1.165) is 31.0 Å². The van der Waals surface area contributed by atoms with Crippen molar-refractivity contribution in [3.8, 4) is 23.2 Å². The number of imidazole rings is 1. The minimum absolute atomic E-state index is 0.0363. The summed E-state index contributed by atoms with van der Waals surface area (Å²) < 4.78 is 60.0. The highest BCUT2D eigenvalue weighted by Gasteiger charge is 2.46. The van der Waals surface area contributed by atoms with Crippen LogP contribution < -0.4 is 4.74 Å². The molecule has 0 N–H and O–H groups in total. The lowest BCUT2D eigenvalue weighted by molar-refractivity contribution is 0.0601. The van der Waals surface area contributed by atoms with Crippen molar-refractivity contribution >= 4 is 17.0 Å². The highest BCUT2D eigenvalue weighted by Crippen LogP contribution is 2.45. The molecule has 0 unspecified atom stereocenters. The molecule has 240 valence electrons. The predicted octanol–water partition coefficient (Wildman–Crippen LogP) is 6.12. The quantitative estimate of drug-likeness (QED) is 0.163. The van der Waals surface area contributed by atoms with E-state index in [9.17, 15) is 9.18 Å². The summed E-state index contributed by atoms with van der Waals surface area (Å²) in [4.78, 5) is 21.4. The minimum Gasteiger partial charge on any atom is -0.473 e. The molecule has 13 heteroatoms. The van der Waals surface area contributed by atoms with Crippen molar-refractivity contribution in [2.75, 3.05) is 7.11 Å². The minimum atomic E-state index is -0.703. The van der Waals surface area contributed by atoms with Gasteiger partial charge in [-0.25, -0.2) is 32.6 Å². The van der Waals surface area contributed by atoms with Crippen LogP contribution in [0.3, 0.4) is 0 Å². The summed E-state index contributed by atoms with van der Waals surface area (Å²) in [5, 5.41) is 17.1. The molecule has 1 aliphatic rings. The number of hydrogen-bond acceptors (Lipinski definition) is 8. The van der Waals surface area contributed by atoms with E-state index in [0.29, 0.717) is 29.0 Å². The maximum Gasteiger partial charge on any atom is 0.337 e. The van der Waals surface area contributed by atoms with Crippen LogP contribution in [0, 0.1) is 28.8 Å². The van der Waals surface area contributed by atoms with Crippen LogP contribution in [-0.2, 0) is 29.8 Å². The van der Waals surface area contributed by atoms with Gasteiger partial charge in [-0.05, 0) is 66.9 Å². The lowest BCUT2D eigenvalue weighted by Crippen LogP contribution is -2.25. The molecule has 1 saturated carbocycles. The zero-order chi connectivity index (χ0) is 33.4. The van der Waals surface area contributed by atoms with Crippen LogP contribution in [-0.4, -0.2) is 42.6 Å². The van der Waals surface area contributed by atoms with Gasteiger partial charge in [-0.1, -0.05) is 17.3 Å². The normalized spacial score (nSPS) is 13.3. The Hall–Kier alpha value is -6.03. The fourth-order valence-corrected chi connectivity index (χ4v) is 5.71. The first-order chi connectivity index (χ1) is 23.3. The van der Waals surface area contributed by atoms with Crippen molar-refractivity contribution in [1.82, 2.24) is 29.5 Å². The molecule has 3 aromatic heterocycles. The van der Waals surface area contributed by atoms with Gasteiger partial charge in [0.1, 0.15) is 29.9 Å². The number of nitrogens with zero attached hydrogens (tertiary/aromatic N) is 7. The van der Waals surface area contributed by atoms with E-state index in [4.69, 9.17) is 19.7 Å². The Labute approximate surface area is 272 Å². The first-order valence-electron chi connectivity index (χ1n) is 15.0. The molecule has 6 aromatic rings. The van der Waals surface area contributed by atoms with E-state index in [1.807, 2.05) is 10.6 Å². The van der Waals surface area contributed by atoms with E-state index < -0.39 is 23.4 Å². The molecular weight excluding hydrogens is 623 g/mol. The molecule has 10 nitrogen and oxygen atoms in total. The number of halogens is 3. The molecule has 3 aromatic carbocycles. The van der Waals surface area contributed by atoms with Crippen molar-refractivity contribution in [2.24, 2.45) is 0 Å². The first-order valence-corrected chi connectivity index (χ1v) is 15.0. The summed E-state index contributed by atoms with van der Waals surface area (Å²) in [6, 6.07) is 17.7. The summed E-state index contributed by atoms with van der Waals surface area (Å²) in [6.45, 7) is 0.252. The maximum absolute atomic E-state index is 15.7. The van der Waals surface area contributed by atoms with Gasteiger partial charge in [0, 0.05) is 36.4 Å². The van der Waals surface area contributed by atoms with Gasteiger partial charge in [0.05, 0.1) is 52.8 Å². The van der Waals surface area contributed by atoms with Crippen molar-refractivity contribution < 1.29 is 27.4 Å². The topological polar surface area (TPSA) is 121 Å². The monoisotopic (exact) mass is 649 g/mol.